The topological polar surface area (TPSA) is 69.4 Å². The third-order valence-corrected chi connectivity index (χ3v) is 5.13. The summed E-state index contributed by atoms with van der Waals surface area (Å²) in [5.41, 5.74) is 6.84. The number of hydrogen-bond acceptors (Lipinski definition) is 4. The van der Waals surface area contributed by atoms with Gasteiger partial charge in [-0.1, -0.05) is 13.0 Å². The lowest BCUT2D eigenvalue weighted by molar-refractivity contribution is 0.411. The minimum Gasteiger partial charge on any atom is -0.496 e. The molecule has 0 heterocycles. The predicted octanol–water partition coefficient (Wildman–Crippen LogP) is 1.99. The Balaban J connectivity index is 3.03. The lowest BCUT2D eigenvalue weighted by atomic mass is 10.2. The van der Waals surface area contributed by atoms with Crippen LogP contribution in [0.3, 0.4) is 0 Å². The third kappa shape index (κ3) is 3.36. The fourth-order valence-electron chi connectivity index (χ4n) is 1.49. The molecule has 0 saturated heterocycles. The number of nitrogens with two attached hydrogens (primary N) is 1. The number of benzene rings is 1. The number of anilines is 1. The van der Waals surface area contributed by atoms with Crippen LogP contribution < -0.4 is 10.5 Å². The molecule has 5 heteroatoms. The van der Waals surface area contributed by atoms with Crippen LogP contribution in [0.25, 0.3) is 0 Å². The summed E-state index contributed by atoms with van der Waals surface area (Å²) in [5.74, 6) is 0.516. The molecule has 4 nitrogen and oxygen atoms in total. The van der Waals surface area contributed by atoms with Crippen LogP contribution in [-0.2, 0) is 15.6 Å². The first kappa shape index (κ1) is 13.8. The van der Waals surface area contributed by atoms with Gasteiger partial charge in [-0.3, -0.25) is 0 Å². The zero-order valence-electron chi connectivity index (χ0n) is 10.4. The van der Waals surface area contributed by atoms with E-state index in [-0.39, 0.29) is 11.0 Å². The van der Waals surface area contributed by atoms with E-state index in [1.165, 1.54) is 7.11 Å². The smallest absolute Gasteiger partial charge is 0.157 e. The van der Waals surface area contributed by atoms with Crippen molar-refractivity contribution in [1.29, 1.82) is 0 Å². The van der Waals surface area contributed by atoms with E-state index in [0.29, 0.717) is 23.4 Å². The van der Waals surface area contributed by atoms with E-state index in [2.05, 4.69) is 0 Å². The molecule has 0 spiro atoms. The van der Waals surface area contributed by atoms with Crippen molar-refractivity contribution in [1.82, 2.24) is 0 Å². The van der Waals surface area contributed by atoms with Crippen molar-refractivity contribution in [3.63, 3.8) is 0 Å². The second-order valence-corrected chi connectivity index (χ2v) is 6.52. The maximum Gasteiger partial charge on any atom is 0.157 e. The summed E-state index contributed by atoms with van der Waals surface area (Å²) < 4.78 is 29.1. The Bertz CT molecular complexity index is 483. The van der Waals surface area contributed by atoms with Gasteiger partial charge in [0.2, 0.25) is 0 Å². The molecule has 17 heavy (non-hydrogen) atoms. The number of methoxy groups -OCH3 is 1. The maximum absolute atomic E-state index is 12.0. The zero-order valence-corrected chi connectivity index (χ0v) is 11.3. The molecule has 0 amide bonds. The quantitative estimate of drug-likeness (QED) is 0.819. The second-order valence-electron chi connectivity index (χ2n) is 4.10. The molecular formula is C12H19NO3S. The minimum absolute atomic E-state index is 0.00847. The van der Waals surface area contributed by atoms with Gasteiger partial charge in [-0.05, 0) is 19.4 Å². The van der Waals surface area contributed by atoms with Crippen LogP contribution >= 0.6 is 0 Å². The van der Waals surface area contributed by atoms with Crippen LogP contribution in [-0.4, -0.2) is 20.8 Å². The summed E-state index contributed by atoms with van der Waals surface area (Å²) in [4.78, 5) is 0. The van der Waals surface area contributed by atoms with E-state index >= 15 is 0 Å². The van der Waals surface area contributed by atoms with Gasteiger partial charge in [-0.25, -0.2) is 8.42 Å². The molecule has 1 aromatic carbocycles. The van der Waals surface area contributed by atoms with E-state index in [1.54, 1.807) is 25.1 Å². The van der Waals surface area contributed by atoms with Crippen molar-refractivity contribution in [3.05, 3.63) is 23.8 Å². The van der Waals surface area contributed by atoms with E-state index in [4.69, 9.17) is 10.5 Å². The Morgan fingerprint density at radius 3 is 2.59 bits per heavy atom. The molecule has 1 unspecified atom stereocenters. The Labute approximate surface area is 103 Å². The normalized spacial score (nSPS) is 13.4. The van der Waals surface area contributed by atoms with Crippen LogP contribution in [0.15, 0.2) is 18.2 Å². The number of rotatable bonds is 5. The van der Waals surface area contributed by atoms with Crippen LogP contribution in [0, 0.1) is 0 Å². The highest BCUT2D eigenvalue weighted by Crippen LogP contribution is 2.25. The van der Waals surface area contributed by atoms with Crippen LogP contribution in [0.2, 0.25) is 0 Å². The van der Waals surface area contributed by atoms with Gasteiger partial charge < -0.3 is 10.5 Å². The second kappa shape index (κ2) is 5.40. The molecule has 0 aliphatic rings. The molecule has 0 saturated carbocycles. The van der Waals surface area contributed by atoms with Crippen molar-refractivity contribution in [2.75, 3.05) is 12.8 Å². The molecule has 0 bridgehead atoms. The van der Waals surface area contributed by atoms with Gasteiger partial charge in [0.05, 0.1) is 18.1 Å². The van der Waals surface area contributed by atoms with E-state index in [1.807, 2.05) is 6.92 Å². The van der Waals surface area contributed by atoms with Crippen molar-refractivity contribution < 1.29 is 13.2 Å². The standard InChI is InChI=1S/C12H19NO3S/c1-4-9(2)17(14,15)8-10-5-6-11(13)7-12(10)16-3/h5-7,9H,4,8,13H2,1-3H3. The maximum atomic E-state index is 12.0. The third-order valence-electron chi connectivity index (χ3n) is 2.86. The number of nitrogen functional groups attached to an aromatic ring is 1. The fraction of sp³-hybridized carbons (Fsp3) is 0.500. The minimum atomic E-state index is -3.13. The SMILES string of the molecule is CCC(C)S(=O)(=O)Cc1ccc(N)cc1OC. The largest absolute Gasteiger partial charge is 0.496 e. The molecule has 2 N–H and O–H groups in total. The highest BCUT2D eigenvalue weighted by Gasteiger charge is 2.21. The van der Waals surface area contributed by atoms with Gasteiger partial charge in [0.15, 0.2) is 9.84 Å². The lowest BCUT2D eigenvalue weighted by Gasteiger charge is -2.13. The van der Waals surface area contributed by atoms with Crippen molar-refractivity contribution >= 4 is 15.5 Å². The average Bonchev–Trinajstić information content (AvgIpc) is 2.30. The Hall–Kier alpha value is -1.23. The Morgan fingerprint density at radius 2 is 2.06 bits per heavy atom. The van der Waals surface area contributed by atoms with Gasteiger partial charge in [-0.15, -0.1) is 0 Å². The molecule has 1 atom stereocenters. The summed E-state index contributed by atoms with van der Waals surface area (Å²) in [5, 5.41) is -0.343. The van der Waals surface area contributed by atoms with Gasteiger partial charge in [0.1, 0.15) is 5.75 Å². The van der Waals surface area contributed by atoms with E-state index in [9.17, 15) is 8.42 Å². The molecule has 0 radical (unpaired) electrons. The van der Waals surface area contributed by atoms with Gasteiger partial charge in [-0.2, -0.15) is 0 Å². The monoisotopic (exact) mass is 257 g/mol. The zero-order chi connectivity index (χ0) is 13.1. The first-order valence-corrected chi connectivity index (χ1v) is 7.26. The van der Waals surface area contributed by atoms with E-state index in [0.717, 1.165) is 0 Å². The summed E-state index contributed by atoms with van der Waals surface area (Å²) >= 11 is 0. The van der Waals surface area contributed by atoms with Gasteiger partial charge in [0.25, 0.3) is 0 Å². The van der Waals surface area contributed by atoms with Crippen molar-refractivity contribution in [3.8, 4) is 5.75 Å². The summed E-state index contributed by atoms with van der Waals surface area (Å²) in [6.07, 6.45) is 0.611. The first-order valence-electron chi connectivity index (χ1n) is 5.54. The molecular weight excluding hydrogens is 238 g/mol. The number of ether oxygens (including phenoxy) is 1. The molecule has 0 aromatic heterocycles. The van der Waals surface area contributed by atoms with Crippen LogP contribution in [0.5, 0.6) is 5.75 Å². The Kier molecular flexibility index (Phi) is 4.40. The molecule has 0 aliphatic heterocycles. The first-order chi connectivity index (χ1) is 7.90. The lowest BCUT2D eigenvalue weighted by Crippen LogP contribution is -2.19. The molecule has 0 fully saturated rings. The van der Waals surface area contributed by atoms with Crippen LogP contribution in [0.1, 0.15) is 25.8 Å². The predicted molar refractivity (Wildman–Crippen MR) is 69.8 cm³/mol. The Morgan fingerprint density at radius 1 is 1.41 bits per heavy atom. The van der Waals surface area contributed by atoms with Crippen molar-refractivity contribution in [2.24, 2.45) is 0 Å². The van der Waals surface area contributed by atoms with E-state index < -0.39 is 9.84 Å². The fourth-order valence-corrected chi connectivity index (χ4v) is 2.96. The average molecular weight is 257 g/mol. The summed E-state index contributed by atoms with van der Waals surface area (Å²) in [6, 6.07) is 5.03. The van der Waals surface area contributed by atoms with Gasteiger partial charge >= 0.3 is 0 Å². The highest BCUT2D eigenvalue weighted by molar-refractivity contribution is 7.91. The van der Waals surface area contributed by atoms with Crippen molar-refractivity contribution in [2.45, 2.75) is 31.3 Å². The molecule has 1 rings (SSSR count). The summed E-state index contributed by atoms with van der Waals surface area (Å²) in [7, 11) is -1.62. The van der Waals surface area contributed by atoms with Crippen LogP contribution in [0.4, 0.5) is 5.69 Å². The molecule has 0 aliphatic carbocycles. The van der Waals surface area contributed by atoms with Gasteiger partial charge in [0, 0.05) is 17.3 Å². The molecule has 96 valence electrons. The highest BCUT2D eigenvalue weighted by atomic mass is 32.2. The number of hydrogen-bond donors (Lipinski definition) is 1. The molecule has 1 aromatic rings. The summed E-state index contributed by atoms with van der Waals surface area (Å²) in [6.45, 7) is 3.58. The number of sulfone groups is 1.